The average molecular weight is 430 g/mol. The van der Waals surface area contributed by atoms with E-state index in [1.165, 1.54) is 12.1 Å². The quantitative estimate of drug-likeness (QED) is 0.664. The number of hydrogen-bond donors (Lipinski definition) is 1. The molecule has 10 heteroatoms. The maximum Gasteiger partial charge on any atom is 0.573 e. The van der Waals surface area contributed by atoms with E-state index in [1.807, 2.05) is 24.3 Å². The zero-order valence-corrected chi connectivity index (χ0v) is 16.1. The van der Waals surface area contributed by atoms with Gasteiger partial charge in [-0.3, -0.25) is 19.1 Å². The van der Waals surface area contributed by atoms with Crippen molar-refractivity contribution in [2.45, 2.75) is 37.7 Å². The Morgan fingerprint density at radius 2 is 1.94 bits per heavy atom. The lowest BCUT2D eigenvalue weighted by Gasteiger charge is -2.15. The summed E-state index contributed by atoms with van der Waals surface area (Å²) < 4.78 is 43.0. The lowest BCUT2D eigenvalue weighted by Crippen LogP contribution is -2.33. The van der Waals surface area contributed by atoms with E-state index in [9.17, 15) is 22.8 Å². The molecule has 1 saturated carbocycles. The molecule has 2 amide bonds. The molecule has 31 heavy (non-hydrogen) atoms. The van der Waals surface area contributed by atoms with E-state index >= 15 is 0 Å². The highest BCUT2D eigenvalue weighted by molar-refractivity contribution is 6.05. The van der Waals surface area contributed by atoms with E-state index in [-0.39, 0.29) is 24.1 Å². The summed E-state index contributed by atoms with van der Waals surface area (Å²) in [5, 5.41) is 2.56. The summed E-state index contributed by atoms with van der Waals surface area (Å²) in [6.45, 7) is 0. The van der Waals surface area contributed by atoms with Crippen LogP contribution in [0.3, 0.4) is 0 Å². The molecule has 0 saturated heterocycles. The number of fused-ring (bicyclic) bond motifs is 3. The van der Waals surface area contributed by atoms with Crippen molar-refractivity contribution in [3.63, 3.8) is 0 Å². The molecule has 160 valence electrons. The van der Waals surface area contributed by atoms with E-state index in [2.05, 4.69) is 15.0 Å². The number of aromatic nitrogens is 2. The number of para-hydroxylation sites is 2. The number of alkyl halides is 3. The van der Waals surface area contributed by atoms with Gasteiger partial charge in [0, 0.05) is 17.8 Å². The van der Waals surface area contributed by atoms with Crippen LogP contribution in [0.4, 0.5) is 24.8 Å². The Labute approximate surface area is 174 Å². The molecule has 1 N–H and O–H groups in total. The highest BCUT2D eigenvalue weighted by Crippen LogP contribution is 2.42. The Morgan fingerprint density at radius 3 is 2.68 bits per heavy atom. The number of hydrogen-bond acceptors (Lipinski definition) is 4. The molecule has 7 nitrogen and oxygen atoms in total. The highest BCUT2D eigenvalue weighted by atomic mass is 19.4. The maximum absolute atomic E-state index is 13.1. The van der Waals surface area contributed by atoms with Gasteiger partial charge in [-0.2, -0.15) is 0 Å². The van der Waals surface area contributed by atoms with Crippen molar-refractivity contribution in [1.82, 2.24) is 9.55 Å². The SMILES string of the molecule is O=C(CC1C(=O)N(C2CC2)c2nc3ccccc3n21)Nc1cccc(OC(F)(F)F)c1. The largest absolute Gasteiger partial charge is 0.573 e. The fourth-order valence-corrected chi connectivity index (χ4v) is 3.89. The summed E-state index contributed by atoms with van der Waals surface area (Å²) in [4.78, 5) is 32.0. The minimum atomic E-state index is -4.83. The zero-order valence-electron chi connectivity index (χ0n) is 16.1. The molecule has 0 bridgehead atoms. The van der Waals surface area contributed by atoms with Gasteiger partial charge in [0.2, 0.25) is 11.9 Å². The molecule has 2 heterocycles. The fraction of sp³-hybridized carbons (Fsp3) is 0.286. The number of amides is 2. The summed E-state index contributed by atoms with van der Waals surface area (Å²) in [7, 11) is 0. The number of carbonyl (C=O) groups excluding carboxylic acids is 2. The molecule has 0 radical (unpaired) electrons. The van der Waals surface area contributed by atoms with Crippen LogP contribution in [0, 0.1) is 0 Å². The Morgan fingerprint density at radius 1 is 1.16 bits per heavy atom. The van der Waals surface area contributed by atoms with Crippen LogP contribution < -0.4 is 15.0 Å². The van der Waals surface area contributed by atoms with E-state index in [0.29, 0.717) is 5.95 Å². The number of rotatable bonds is 5. The minimum absolute atomic E-state index is 0.0901. The van der Waals surface area contributed by atoms with Crippen molar-refractivity contribution in [3.05, 3.63) is 48.5 Å². The zero-order chi connectivity index (χ0) is 21.8. The number of halogens is 3. The third-order valence-corrected chi connectivity index (χ3v) is 5.27. The smallest absolute Gasteiger partial charge is 0.406 e. The molecule has 1 atom stereocenters. The van der Waals surface area contributed by atoms with Crippen molar-refractivity contribution in [2.24, 2.45) is 0 Å². The second kappa shape index (κ2) is 7.00. The molecule has 2 aliphatic rings. The van der Waals surface area contributed by atoms with Crippen molar-refractivity contribution >= 4 is 34.5 Å². The number of ether oxygens (including phenoxy) is 1. The molecular formula is C21H17F3N4O3. The minimum Gasteiger partial charge on any atom is -0.406 e. The number of anilines is 2. The van der Waals surface area contributed by atoms with Gasteiger partial charge in [-0.25, -0.2) is 4.98 Å². The van der Waals surface area contributed by atoms with Gasteiger partial charge in [0.1, 0.15) is 11.8 Å². The topological polar surface area (TPSA) is 76.5 Å². The van der Waals surface area contributed by atoms with Gasteiger partial charge in [0.05, 0.1) is 17.5 Å². The summed E-state index contributed by atoms with van der Waals surface area (Å²) in [5.41, 5.74) is 1.64. The molecule has 1 unspecified atom stereocenters. The number of carbonyl (C=O) groups is 2. The van der Waals surface area contributed by atoms with Gasteiger partial charge in [0.15, 0.2) is 0 Å². The van der Waals surface area contributed by atoms with Gasteiger partial charge in [-0.1, -0.05) is 18.2 Å². The molecule has 3 aromatic rings. The van der Waals surface area contributed by atoms with Crippen LogP contribution in [-0.2, 0) is 9.59 Å². The van der Waals surface area contributed by atoms with Gasteiger partial charge >= 0.3 is 6.36 Å². The predicted molar refractivity (Wildman–Crippen MR) is 106 cm³/mol. The van der Waals surface area contributed by atoms with Crippen LogP contribution in [-0.4, -0.2) is 33.8 Å². The van der Waals surface area contributed by atoms with Gasteiger partial charge in [-0.15, -0.1) is 13.2 Å². The van der Waals surface area contributed by atoms with E-state index in [0.717, 1.165) is 36.0 Å². The second-order valence-corrected chi connectivity index (χ2v) is 7.55. The van der Waals surface area contributed by atoms with Crippen LogP contribution >= 0.6 is 0 Å². The number of nitrogens with one attached hydrogen (secondary N) is 1. The van der Waals surface area contributed by atoms with Crippen molar-refractivity contribution < 1.29 is 27.5 Å². The van der Waals surface area contributed by atoms with Crippen LogP contribution in [0.2, 0.25) is 0 Å². The standard InChI is InChI=1S/C21H17F3N4O3/c22-21(23,24)31-14-5-3-4-12(10-14)25-18(29)11-17-19(30)27(13-8-9-13)20-26-15-6-1-2-7-16(15)28(17)20/h1-7,10,13,17H,8-9,11H2,(H,25,29). The summed E-state index contributed by atoms with van der Waals surface area (Å²) in [6, 6.07) is 11.7. The van der Waals surface area contributed by atoms with Gasteiger partial charge in [0.25, 0.3) is 5.91 Å². The first-order valence-electron chi connectivity index (χ1n) is 9.76. The number of benzene rings is 2. The Bertz CT molecular complexity index is 1190. The first-order valence-corrected chi connectivity index (χ1v) is 9.76. The Hall–Kier alpha value is -3.56. The van der Waals surface area contributed by atoms with Crippen molar-refractivity contribution in [3.8, 4) is 5.75 Å². The second-order valence-electron chi connectivity index (χ2n) is 7.55. The number of nitrogens with zero attached hydrogens (tertiary/aromatic N) is 3. The summed E-state index contributed by atoms with van der Waals surface area (Å²) in [5.74, 6) is -0.596. The van der Waals surface area contributed by atoms with E-state index in [4.69, 9.17) is 0 Å². The fourth-order valence-electron chi connectivity index (χ4n) is 3.89. The van der Waals surface area contributed by atoms with Crippen molar-refractivity contribution in [2.75, 3.05) is 10.2 Å². The lowest BCUT2D eigenvalue weighted by atomic mass is 10.1. The first kappa shape index (κ1) is 19.4. The molecule has 1 fully saturated rings. The molecule has 1 aromatic heterocycles. The van der Waals surface area contributed by atoms with Crippen LogP contribution in [0.5, 0.6) is 5.75 Å². The maximum atomic E-state index is 13.1. The third kappa shape index (κ3) is 3.69. The van der Waals surface area contributed by atoms with Crippen molar-refractivity contribution in [1.29, 1.82) is 0 Å². The van der Waals surface area contributed by atoms with Gasteiger partial charge < -0.3 is 10.1 Å². The lowest BCUT2D eigenvalue weighted by molar-refractivity contribution is -0.274. The normalized spacial score (nSPS) is 18.4. The van der Waals surface area contributed by atoms with Gasteiger partial charge in [-0.05, 0) is 37.1 Å². The molecule has 5 rings (SSSR count). The van der Waals surface area contributed by atoms with Crippen LogP contribution in [0.25, 0.3) is 11.0 Å². The molecule has 2 aromatic carbocycles. The van der Waals surface area contributed by atoms with Crippen LogP contribution in [0.15, 0.2) is 48.5 Å². The summed E-state index contributed by atoms with van der Waals surface area (Å²) in [6.07, 6.45) is -3.22. The monoisotopic (exact) mass is 430 g/mol. The highest BCUT2D eigenvalue weighted by Gasteiger charge is 2.47. The van der Waals surface area contributed by atoms with Crippen LogP contribution in [0.1, 0.15) is 25.3 Å². The Balaban J connectivity index is 1.38. The first-order chi connectivity index (χ1) is 14.8. The molecule has 0 spiro atoms. The van der Waals surface area contributed by atoms with E-state index < -0.39 is 24.1 Å². The molecule has 1 aliphatic carbocycles. The number of imidazole rings is 1. The molecular weight excluding hydrogens is 413 g/mol. The van der Waals surface area contributed by atoms with E-state index in [1.54, 1.807) is 9.47 Å². The Kier molecular flexibility index (Phi) is 4.38. The average Bonchev–Trinajstić information content (AvgIpc) is 3.40. The molecule has 1 aliphatic heterocycles. The predicted octanol–water partition coefficient (Wildman–Crippen LogP) is 4.01. The summed E-state index contributed by atoms with van der Waals surface area (Å²) >= 11 is 0. The third-order valence-electron chi connectivity index (χ3n) is 5.27.